The first kappa shape index (κ1) is 22.3. The standard InChI is InChI=1S/C15H12F5N5O5S/c1-29-9-5-21-14(26)25-12(9)22-13(23-25)24-31(27,28)11-7(15(18,19)20)3-2-4-8(11)30-6-10(16)17/h2-5,10H,6H2,1H3,(H,21,26)(H,23,24). The number of nitrogens with zero attached hydrogens (tertiary/aromatic N) is 3. The predicted molar refractivity (Wildman–Crippen MR) is 93.9 cm³/mol. The van der Waals surface area contributed by atoms with Crippen LogP contribution in [-0.4, -0.2) is 48.1 Å². The zero-order valence-corrected chi connectivity index (χ0v) is 16.1. The number of aromatic amines is 1. The second-order valence-electron chi connectivity index (χ2n) is 5.77. The fraction of sp³-hybridized carbons (Fsp3) is 0.267. The molecular formula is C15H12F5N5O5S. The van der Waals surface area contributed by atoms with Gasteiger partial charge in [0, 0.05) is 0 Å². The van der Waals surface area contributed by atoms with E-state index >= 15 is 0 Å². The molecule has 0 spiro atoms. The number of ether oxygens (including phenoxy) is 2. The summed E-state index contributed by atoms with van der Waals surface area (Å²) >= 11 is 0. The van der Waals surface area contributed by atoms with Gasteiger partial charge in [0.05, 0.1) is 18.9 Å². The Morgan fingerprint density at radius 2 is 1.97 bits per heavy atom. The van der Waals surface area contributed by atoms with Gasteiger partial charge in [-0.2, -0.15) is 22.7 Å². The van der Waals surface area contributed by atoms with Crippen molar-refractivity contribution >= 4 is 21.6 Å². The highest BCUT2D eigenvalue weighted by molar-refractivity contribution is 7.92. The molecule has 0 saturated carbocycles. The van der Waals surface area contributed by atoms with E-state index in [-0.39, 0.29) is 11.4 Å². The van der Waals surface area contributed by atoms with E-state index in [0.29, 0.717) is 10.6 Å². The third-order valence-electron chi connectivity index (χ3n) is 3.71. The quantitative estimate of drug-likeness (QED) is 0.506. The Labute approximate surface area is 169 Å². The monoisotopic (exact) mass is 469 g/mol. The van der Waals surface area contributed by atoms with Crippen LogP contribution in [0.4, 0.5) is 27.9 Å². The summed E-state index contributed by atoms with van der Waals surface area (Å²) in [5.41, 5.74) is -2.74. The van der Waals surface area contributed by atoms with Gasteiger partial charge < -0.3 is 14.5 Å². The summed E-state index contributed by atoms with van der Waals surface area (Å²) in [4.78, 5) is 16.3. The molecule has 0 unspecified atom stereocenters. The lowest BCUT2D eigenvalue weighted by Crippen LogP contribution is -2.22. The number of fused-ring (bicyclic) bond motifs is 1. The lowest BCUT2D eigenvalue weighted by Gasteiger charge is -2.17. The molecule has 0 fully saturated rings. The summed E-state index contributed by atoms with van der Waals surface area (Å²) in [5.74, 6) is -1.75. The van der Waals surface area contributed by atoms with Crippen molar-refractivity contribution in [2.75, 3.05) is 18.4 Å². The van der Waals surface area contributed by atoms with Crippen molar-refractivity contribution in [1.29, 1.82) is 0 Å². The highest BCUT2D eigenvalue weighted by Gasteiger charge is 2.40. The third-order valence-corrected chi connectivity index (χ3v) is 5.12. The summed E-state index contributed by atoms with van der Waals surface area (Å²) in [6.07, 6.45) is -7.13. The van der Waals surface area contributed by atoms with E-state index in [0.717, 1.165) is 18.3 Å². The van der Waals surface area contributed by atoms with Crippen LogP contribution < -0.4 is 19.9 Å². The van der Waals surface area contributed by atoms with Crippen LogP contribution in [0.3, 0.4) is 0 Å². The fourth-order valence-corrected chi connectivity index (χ4v) is 3.81. The molecule has 0 atom stereocenters. The largest absolute Gasteiger partial charge is 0.491 e. The maximum Gasteiger partial charge on any atom is 0.417 e. The SMILES string of the molecule is COc1c[nH]c(=O)n2nc(NS(=O)(=O)c3c(OCC(F)F)cccc3C(F)(F)F)nc12. The molecule has 31 heavy (non-hydrogen) atoms. The molecule has 2 heterocycles. The Kier molecular flexibility index (Phi) is 5.75. The van der Waals surface area contributed by atoms with Gasteiger partial charge in [-0.25, -0.2) is 26.7 Å². The van der Waals surface area contributed by atoms with Crippen LogP contribution in [-0.2, 0) is 16.2 Å². The molecule has 0 bridgehead atoms. The Bertz CT molecular complexity index is 1270. The van der Waals surface area contributed by atoms with Crippen molar-refractivity contribution in [2.24, 2.45) is 0 Å². The van der Waals surface area contributed by atoms with Gasteiger partial charge >= 0.3 is 11.9 Å². The van der Waals surface area contributed by atoms with Crippen LogP contribution >= 0.6 is 0 Å². The number of alkyl halides is 5. The molecule has 3 rings (SSSR count). The molecule has 10 nitrogen and oxygen atoms in total. The second-order valence-corrected chi connectivity index (χ2v) is 7.39. The first-order valence-electron chi connectivity index (χ1n) is 8.10. The number of benzene rings is 1. The van der Waals surface area contributed by atoms with E-state index in [1.807, 2.05) is 0 Å². The van der Waals surface area contributed by atoms with Crippen LogP contribution in [0.2, 0.25) is 0 Å². The number of anilines is 1. The number of hydrogen-bond acceptors (Lipinski definition) is 7. The normalized spacial score (nSPS) is 12.4. The zero-order chi connectivity index (χ0) is 23.0. The van der Waals surface area contributed by atoms with Crippen molar-refractivity contribution in [3.63, 3.8) is 0 Å². The van der Waals surface area contributed by atoms with Crippen LogP contribution in [0.5, 0.6) is 11.5 Å². The van der Waals surface area contributed by atoms with Gasteiger partial charge in [0.25, 0.3) is 22.4 Å². The molecule has 1 aromatic carbocycles. The van der Waals surface area contributed by atoms with E-state index in [9.17, 15) is 35.2 Å². The molecule has 0 aliphatic heterocycles. The van der Waals surface area contributed by atoms with Crippen molar-refractivity contribution < 1.29 is 39.8 Å². The number of halogens is 5. The first-order chi connectivity index (χ1) is 14.4. The summed E-state index contributed by atoms with van der Waals surface area (Å²) < 4.78 is 103. The van der Waals surface area contributed by atoms with Crippen LogP contribution in [0.1, 0.15) is 5.56 Å². The number of hydrogen-bond donors (Lipinski definition) is 2. The average Bonchev–Trinajstić information content (AvgIpc) is 3.09. The Morgan fingerprint density at radius 1 is 1.26 bits per heavy atom. The van der Waals surface area contributed by atoms with Crippen LogP contribution in [0, 0.1) is 0 Å². The summed E-state index contributed by atoms with van der Waals surface area (Å²) in [7, 11) is -3.90. The number of sulfonamides is 1. The van der Waals surface area contributed by atoms with Gasteiger partial charge in [-0.1, -0.05) is 6.07 Å². The van der Waals surface area contributed by atoms with Gasteiger partial charge in [0.2, 0.25) is 5.65 Å². The lowest BCUT2D eigenvalue weighted by atomic mass is 10.2. The number of rotatable bonds is 7. The molecule has 168 valence electrons. The van der Waals surface area contributed by atoms with Gasteiger partial charge in [0.15, 0.2) is 5.75 Å². The minimum absolute atomic E-state index is 0.0193. The van der Waals surface area contributed by atoms with Crippen molar-refractivity contribution in [1.82, 2.24) is 19.6 Å². The Hall–Kier alpha value is -3.43. The topological polar surface area (TPSA) is 128 Å². The molecule has 3 aromatic rings. The maximum absolute atomic E-state index is 13.4. The molecule has 0 amide bonds. The van der Waals surface area contributed by atoms with E-state index in [1.54, 1.807) is 4.72 Å². The molecule has 0 aliphatic carbocycles. The van der Waals surface area contributed by atoms with Gasteiger partial charge in [-0.15, -0.1) is 5.10 Å². The summed E-state index contributed by atoms with van der Waals surface area (Å²) in [5, 5.41) is 3.58. The predicted octanol–water partition coefficient (Wildman–Crippen LogP) is 1.89. The second kappa shape index (κ2) is 8.01. The van der Waals surface area contributed by atoms with Crippen molar-refractivity contribution in [3.05, 3.63) is 40.4 Å². The fourth-order valence-electron chi connectivity index (χ4n) is 2.51. The number of H-pyrrole nitrogens is 1. The smallest absolute Gasteiger partial charge is 0.417 e. The lowest BCUT2D eigenvalue weighted by molar-refractivity contribution is -0.140. The Morgan fingerprint density at radius 3 is 2.58 bits per heavy atom. The van der Waals surface area contributed by atoms with Gasteiger partial charge in [-0.3, -0.25) is 0 Å². The highest BCUT2D eigenvalue weighted by atomic mass is 32.2. The van der Waals surface area contributed by atoms with E-state index in [1.165, 1.54) is 7.11 Å². The van der Waals surface area contributed by atoms with E-state index in [4.69, 9.17) is 4.74 Å². The zero-order valence-electron chi connectivity index (χ0n) is 15.3. The van der Waals surface area contributed by atoms with Crippen molar-refractivity contribution in [3.8, 4) is 11.5 Å². The minimum Gasteiger partial charge on any atom is -0.491 e. The van der Waals surface area contributed by atoms with Gasteiger partial charge in [-0.05, 0) is 12.1 Å². The van der Waals surface area contributed by atoms with Crippen LogP contribution in [0.25, 0.3) is 5.65 Å². The molecule has 0 radical (unpaired) electrons. The van der Waals surface area contributed by atoms with E-state index in [2.05, 4.69) is 19.8 Å². The minimum atomic E-state index is -5.17. The third kappa shape index (κ3) is 4.52. The molecule has 0 saturated heterocycles. The molecule has 16 heteroatoms. The molecule has 0 aliphatic rings. The average molecular weight is 469 g/mol. The molecule has 2 N–H and O–H groups in total. The molecule has 2 aromatic heterocycles. The van der Waals surface area contributed by atoms with E-state index < -0.39 is 57.1 Å². The molecular weight excluding hydrogens is 457 g/mol. The number of methoxy groups -OCH3 is 1. The maximum atomic E-state index is 13.4. The van der Waals surface area contributed by atoms with Gasteiger partial charge in [0.1, 0.15) is 17.3 Å². The number of nitrogens with one attached hydrogen (secondary N) is 2. The van der Waals surface area contributed by atoms with Crippen molar-refractivity contribution in [2.45, 2.75) is 17.5 Å². The first-order valence-corrected chi connectivity index (χ1v) is 9.59. The van der Waals surface area contributed by atoms with Crippen LogP contribution in [0.15, 0.2) is 34.1 Å². The summed E-state index contributed by atoms with van der Waals surface area (Å²) in [6.45, 7) is -1.34. The summed E-state index contributed by atoms with van der Waals surface area (Å²) in [6, 6.07) is 2.03. The highest BCUT2D eigenvalue weighted by Crippen LogP contribution is 2.39. The number of aromatic nitrogens is 4. The Balaban J connectivity index is 2.12.